The van der Waals surface area contributed by atoms with Crippen molar-refractivity contribution in [2.75, 3.05) is 20.3 Å². The maximum absolute atomic E-state index is 10.6. The van der Waals surface area contributed by atoms with Gasteiger partial charge in [-0.3, -0.25) is 14.6 Å². The molecule has 0 bridgehead atoms. The molecule has 0 aliphatic carbocycles. The third-order valence-electron chi connectivity index (χ3n) is 4.15. The Kier molecular flexibility index (Phi) is 10.4. The van der Waals surface area contributed by atoms with E-state index < -0.39 is 24.3 Å². The summed E-state index contributed by atoms with van der Waals surface area (Å²) >= 11 is 0. The normalized spacial score (nSPS) is 15.8. The Bertz CT molecular complexity index is 912. The summed E-state index contributed by atoms with van der Waals surface area (Å²) in [5.41, 5.74) is 3.33. The number of methoxy groups -OCH3 is 1. The van der Waals surface area contributed by atoms with Crippen LogP contribution in [0.25, 0.3) is 0 Å². The minimum absolute atomic E-state index is 0.312. The SMILES string of the molecule is COCC1CN(Cc2ccccn2)Cc2nnn(C)c21.O=C(O)C(F)(F)F.O=C(O)C(F)(F)F. The summed E-state index contributed by atoms with van der Waals surface area (Å²) < 4.78 is 70.7. The zero-order valence-corrected chi connectivity index (χ0v) is 17.8. The molecule has 0 saturated heterocycles. The van der Waals surface area contributed by atoms with E-state index in [0.29, 0.717) is 12.5 Å². The molecule has 16 heteroatoms. The highest BCUT2D eigenvalue weighted by Crippen LogP contribution is 2.27. The fourth-order valence-corrected chi connectivity index (χ4v) is 2.87. The molecule has 190 valence electrons. The molecule has 34 heavy (non-hydrogen) atoms. The lowest BCUT2D eigenvalue weighted by molar-refractivity contribution is -0.193. The van der Waals surface area contributed by atoms with Crippen LogP contribution in [0.2, 0.25) is 0 Å². The second kappa shape index (κ2) is 12.3. The highest BCUT2D eigenvalue weighted by atomic mass is 19.4. The van der Waals surface area contributed by atoms with E-state index in [-0.39, 0.29) is 0 Å². The van der Waals surface area contributed by atoms with Gasteiger partial charge in [0.15, 0.2) is 0 Å². The van der Waals surface area contributed by atoms with E-state index in [1.165, 1.54) is 5.69 Å². The monoisotopic (exact) mass is 501 g/mol. The summed E-state index contributed by atoms with van der Waals surface area (Å²) in [5, 5.41) is 22.7. The first-order valence-electron chi connectivity index (χ1n) is 9.26. The molecule has 1 atom stereocenters. The minimum atomic E-state index is -5.08. The van der Waals surface area contributed by atoms with Crippen LogP contribution in [-0.2, 0) is 34.5 Å². The number of fused-ring (bicyclic) bond motifs is 1. The first kappa shape index (κ1) is 28.8. The van der Waals surface area contributed by atoms with Crippen LogP contribution < -0.4 is 0 Å². The molecule has 2 N–H and O–H groups in total. The molecule has 2 aromatic heterocycles. The Morgan fingerprint density at radius 3 is 2.12 bits per heavy atom. The second-order valence-electron chi connectivity index (χ2n) is 6.79. The van der Waals surface area contributed by atoms with E-state index in [1.54, 1.807) is 7.11 Å². The van der Waals surface area contributed by atoms with Crippen LogP contribution in [0.4, 0.5) is 26.3 Å². The van der Waals surface area contributed by atoms with Crippen LogP contribution in [0.3, 0.4) is 0 Å². The van der Waals surface area contributed by atoms with E-state index >= 15 is 0 Å². The molecule has 0 saturated carbocycles. The van der Waals surface area contributed by atoms with E-state index in [1.807, 2.05) is 30.1 Å². The van der Waals surface area contributed by atoms with Gasteiger partial charge < -0.3 is 14.9 Å². The smallest absolute Gasteiger partial charge is 0.475 e. The van der Waals surface area contributed by atoms with Crippen molar-refractivity contribution in [1.82, 2.24) is 24.9 Å². The third-order valence-corrected chi connectivity index (χ3v) is 4.15. The highest BCUT2D eigenvalue weighted by molar-refractivity contribution is 5.73. The number of aliphatic carboxylic acids is 2. The largest absolute Gasteiger partial charge is 0.490 e. The molecule has 1 unspecified atom stereocenters. The third kappa shape index (κ3) is 9.30. The van der Waals surface area contributed by atoms with Crippen LogP contribution >= 0.6 is 0 Å². The van der Waals surface area contributed by atoms with Gasteiger partial charge in [0.1, 0.15) is 5.69 Å². The minimum Gasteiger partial charge on any atom is -0.475 e. The number of carboxylic acid groups (broad SMARTS) is 2. The van der Waals surface area contributed by atoms with Gasteiger partial charge in [-0.15, -0.1) is 5.10 Å². The predicted octanol–water partition coefficient (Wildman–Crippen LogP) is 2.22. The number of nitrogens with zero attached hydrogens (tertiary/aromatic N) is 5. The maximum atomic E-state index is 10.6. The predicted molar refractivity (Wildman–Crippen MR) is 101 cm³/mol. The van der Waals surface area contributed by atoms with Crippen molar-refractivity contribution in [3.63, 3.8) is 0 Å². The fraction of sp³-hybridized carbons (Fsp3) is 0.500. The molecule has 2 aromatic rings. The van der Waals surface area contributed by atoms with Crippen LogP contribution in [0, 0.1) is 0 Å². The fourth-order valence-electron chi connectivity index (χ4n) is 2.87. The number of carbonyl (C=O) groups is 2. The molecule has 0 spiro atoms. The lowest BCUT2D eigenvalue weighted by atomic mass is 9.99. The van der Waals surface area contributed by atoms with Crippen molar-refractivity contribution >= 4 is 11.9 Å². The standard InChI is InChI=1S/C14H19N5O.2C2HF3O2/c1-18-14-11(10-20-2)7-19(9-13(14)16-17-18)8-12-5-3-4-6-15-12;2*3-2(4,5)1(6)7/h3-6,11H,7-10H2,1-2H3;2*(H,6,7). The second-order valence-corrected chi connectivity index (χ2v) is 6.79. The average molecular weight is 501 g/mol. The topological polar surface area (TPSA) is 131 Å². The molecule has 1 aliphatic rings. The number of ether oxygens (including phenoxy) is 1. The summed E-state index contributed by atoms with van der Waals surface area (Å²) in [5.74, 6) is -5.20. The number of aryl methyl sites for hydroxylation is 1. The molecular weight excluding hydrogens is 480 g/mol. The van der Waals surface area contributed by atoms with Crippen molar-refractivity contribution < 1.29 is 50.9 Å². The number of hydrogen-bond donors (Lipinski definition) is 2. The summed E-state index contributed by atoms with van der Waals surface area (Å²) in [7, 11) is 3.68. The Balaban J connectivity index is 0.000000343. The zero-order valence-electron chi connectivity index (χ0n) is 17.8. The van der Waals surface area contributed by atoms with Gasteiger partial charge in [0.05, 0.1) is 18.0 Å². The first-order chi connectivity index (χ1) is 15.7. The number of pyridine rings is 1. The van der Waals surface area contributed by atoms with E-state index in [4.69, 9.17) is 24.5 Å². The zero-order chi connectivity index (χ0) is 26.1. The maximum Gasteiger partial charge on any atom is 0.490 e. The van der Waals surface area contributed by atoms with E-state index in [9.17, 15) is 26.3 Å². The summed E-state index contributed by atoms with van der Waals surface area (Å²) in [4.78, 5) is 24.5. The summed E-state index contributed by atoms with van der Waals surface area (Å²) in [6.07, 6.45) is -8.33. The molecule has 1 aliphatic heterocycles. The van der Waals surface area contributed by atoms with Gasteiger partial charge in [-0.25, -0.2) is 9.59 Å². The molecule has 0 aromatic carbocycles. The van der Waals surface area contributed by atoms with Crippen LogP contribution in [0.5, 0.6) is 0 Å². The Hall–Kier alpha value is -3.27. The lowest BCUT2D eigenvalue weighted by Crippen LogP contribution is -2.36. The van der Waals surface area contributed by atoms with Gasteiger partial charge in [0, 0.05) is 45.9 Å². The van der Waals surface area contributed by atoms with Crippen molar-refractivity contribution in [3.8, 4) is 0 Å². The molecule has 0 amide bonds. The van der Waals surface area contributed by atoms with Gasteiger partial charge in [-0.1, -0.05) is 11.3 Å². The molecular formula is C18H21F6N5O5. The Labute approximate surface area is 188 Å². The Morgan fingerprint density at radius 1 is 1.12 bits per heavy atom. The van der Waals surface area contributed by atoms with E-state index in [0.717, 1.165) is 31.0 Å². The number of rotatable bonds is 4. The van der Waals surface area contributed by atoms with Gasteiger partial charge in [-0.05, 0) is 12.1 Å². The van der Waals surface area contributed by atoms with Crippen molar-refractivity contribution in [1.29, 1.82) is 0 Å². The Morgan fingerprint density at radius 2 is 1.68 bits per heavy atom. The number of hydrogen-bond acceptors (Lipinski definition) is 7. The number of halogens is 6. The lowest BCUT2D eigenvalue weighted by Gasteiger charge is -2.31. The molecule has 3 rings (SSSR count). The summed E-state index contributed by atoms with van der Waals surface area (Å²) in [6, 6.07) is 6.01. The quantitative estimate of drug-likeness (QED) is 0.606. The molecule has 0 radical (unpaired) electrons. The van der Waals surface area contributed by atoms with E-state index in [2.05, 4.69) is 26.3 Å². The first-order valence-corrected chi connectivity index (χ1v) is 9.26. The van der Waals surface area contributed by atoms with Crippen LogP contribution in [-0.4, -0.2) is 79.6 Å². The number of alkyl halides is 6. The number of aromatic nitrogens is 4. The van der Waals surface area contributed by atoms with Crippen LogP contribution in [0.1, 0.15) is 23.0 Å². The molecule has 0 fully saturated rings. The van der Waals surface area contributed by atoms with Gasteiger partial charge in [0.25, 0.3) is 0 Å². The van der Waals surface area contributed by atoms with Gasteiger partial charge in [-0.2, -0.15) is 26.3 Å². The summed E-state index contributed by atoms with van der Waals surface area (Å²) in [6.45, 7) is 3.28. The van der Waals surface area contributed by atoms with Crippen molar-refractivity contribution in [3.05, 3.63) is 41.5 Å². The highest BCUT2D eigenvalue weighted by Gasteiger charge is 2.38. The molecule has 10 nitrogen and oxygen atoms in total. The van der Waals surface area contributed by atoms with Gasteiger partial charge in [0.2, 0.25) is 0 Å². The van der Waals surface area contributed by atoms with Gasteiger partial charge >= 0.3 is 24.3 Å². The van der Waals surface area contributed by atoms with Crippen LogP contribution in [0.15, 0.2) is 24.4 Å². The average Bonchev–Trinajstić information content (AvgIpc) is 3.09. The number of carboxylic acids is 2. The van der Waals surface area contributed by atoms with Crippen molar-refractivity contribution in [2.45, 2.75) is 31.4 Å². The van der Waals surface area contributed by atoms with Crippen molar-refractivity contribution in [2.24, 2.45) is 7.05 Å². The molecule has 3 heterocycles.